The lowest BCUT2D eigenvalue weighted by Crippen LogP contribution is -2.18. The van der Waals surface area contributed by atoms with Crippen LogP contribution in [0.5, 0.6) is 0 Å². The first-order chi connectivity index (χ1) is 14.8. The van der Waals surface area contributed by atoms with Crippen molar-refractivity contribution in [2.45, 2.75) is 33.6 Å². The number of aromatic nitrogens is 1. The third-order valence-electron chi connectivity index (χ3n) is 5.36. The van der Waals surface area contributed by atoms with Gasteiger partial charge in [0.05, 0.1) is 22.7 Å². The predicted molar refractivity (Wildman–Crippen MR) is 128 cm³/mol. The Labute approximate surface area is 188 Å². The summed E-state index contributed by atoms with van der Waals surface area (Å²) in [5, 5.41) is 6.80. The van der Waals surface area contributed by atoms with Crippen molar-refractivity contribution in [3.63, 3.8) is 0 Å². The summed E-state index contributed by atoms with van der Waals surface area (Å²) in [7, 11) is 0. The molecule has 4 rings (SSSR count). The van der Waals surface area contributed by atoms with Crippen molar-refractivity contribution in [3.8, 4) is 0 Å². The number of anilines is 1. The number of carbonyl (C=O) groups is 2. The van der Waals surface area contributed by atoms with Crippen molar-refractivity contribution in [2.75, 3.05) is 5.32 Å². The SMILES string of the molecule is Cc1nc(Cc2cccc3ccccc23)sc1CC(=O)Nc1sc(C)c(C)c1C(N)=O. The molecule has 0 radical (unpaired) electrons. The lowest BCUT2D eigenvalue weighted by Gasteiger charge is -2.05. The van der Waals surface area contributed by atoms with E-state index in [2.05, 4.69) is 35.6 Å². The molecule has 0 atom stereocenters. The second kappa shape index (κ2) is 8.61. The second-order valence-electron chi connectivity index (χ2n) is 7.51. The fourth-order valence-corrected chi connectivity index (χ4v) is 5.84. The number of nitrogens with zero attached hydrogens (tertiary/aromatic N) is 1. The Kier molecular flexibility index (Phi) is 5.89. The van der Waals surface area contributed by atoms with Crippen LogP contribution >= 0.6 is 22.7 Å². The molecule has 4 aromatic rings. The van der Waals surface area contributed by atoms with Gasteiger partial charge in [0.25, 0.3) is 5.91 Å². The zero-order valence-corrected chi connectivity index (χ0v) is 19.2. The Bertz CT molecular complexity index is 1300. The molecule has 158 valence electrons. The lowest BCUT2D eigenvalue weighted by atomic mass is 10.0. The van der Waals surface area contributed by atoms with E-state index in [0.717, 1.165) is 32.4 Å². The third kappa shape index (κ3) is 4.38. The van der Waals surface area contributed by atoms with E-state index in [-0.39, 0.29) is 12.3 Å². The van der Waals surface area contributed by atoms with Crippen molar-refractivity contribution < 1.29 is 9.59 Å². The van der Waals surface area contributed by atoms with Crippen LogP contribution in [0.2, 0.25) is 0 Å². The van der Waals surface area contributed by atoms with E-state index in [1.165, 1.54) is 27.7 Å². The van der Waals surface area contributed by atoms with Gasteiger partial charge in [-0.2, -0.15) is 0 Å². The standard InChI is InChI=1S/C24H23N3O2S2/c1-13-15(3)30-24(22(13)23(25)29)27-20(28)12-19-14(2)26-21(31-19)11-17-9-6-8-16-7-4-5-10-18(16)17/h4-10H,11-12H2,1-3H3,(H2,25,29)(H,27,28). The van der Waals surface area contributed by atoms with Crippen molar-refractivity contribution in [3.05, 3.63) is 79.6 Å². The minimum absolute atomic E-state index is 0.174. The second-order valence-corrected chi connectivity index (χ2v) is 9.90. The quantitative estimate of drug-likeness (QED) is 0.427. The van der Waals surface area contributed by atoms with Gasteiger partial charge >= 0.3 is 0 Å². The number of carbonyl (C=O) groups excluding carboxylic acids is 2. The van der Waals surface area contributed by atoms with Gasteiger partial charge in [-0.3, -0.25) is 9.59 Å². The number of thiophene rings is 1. The molecule has 2 aromatic heterocycles. The van der Waals surface area contributed by atoms with Crippen LogP contribution in [0.3, 0.4) is 0 Å². The van der Waals surface area contributed by atoms with Gasteiger partial charge < -0.3 is 11.1 Å². The summed E-state index contributed by atoms with van der Waals surface area (Å²) in [6, 6.07) is 14.6. The Balaban J connectivity index is 1.51. The molecule has 5 nitrogen and oxygen atoms in total. The maximum atomic E-state index is 12.7. The Morgan fingerprint density at radius 3 is 2.55 bits per heavy atom. The van der Waals surface area contributed by atoms with E-state index in [1.54, 1.807) is 11.3 Å². The van der Waals surface area contributed by atoms with Crippen molar-refractivity contribution in [2.24, 2.45) is 5.73 Å². The fourth-order valence-electron chi connectivity index (χ4n) is 3.67. The first-order valence-electron chi connectivity index (χ1n) is 9.95. The van der Waals surface area contributed by atoms with E-state index in [4.69, 9.17) is 10.7 Å². The number of amides is 2. The van der Waals surface area contributed by atoms with Crippen LogP contribution in [0.15, 0.2) is 42.5 Å². The number of thiazole rings is 1. The molecule has 7 heteroatoms. The van der Waals surface area contributed by atoms with Crippen LogP contribution in [0.4, 0.5) is 5.00 Å². The predicted octanol–water partition coefficient (Wildman–Crippen LogP) is 5.15. The topological polar surface area (TPSA) is 85.1 Å². The van der Waals surface area contributed by atoms with Gasteiger partial charge in [0, 0.05) is 16.2 Å². The number of nitrogens with one attached hydrogen (secondary N) is 1. The number of hydrogen-bond donors (Lipinski definition) is 2. The normalized spacial score (nSPS) is 11.1. The molecule has 0 unspecified atom stereocenters. The van der Waals surface area contributed by atoms with Gasteiger partial charge in [-0.15, -0.1) is 22.7 Å². The summed E-state index contributed by atoms with van der Waals surface area (Å²) in [4.78, 5) is 31.1. The first kappa shape index (κ1) is 21.2. The molecular weight excluding hydrogens is 426 g/mol. The summed E-state index contributed by atoms with van der Waals surface area (Å²) >= 11 is 2.94. The van der Waals surface area contributed by atoms with Gasteiger partial charge in [-0.25, -0.2) is 4.98 Å². The van der Waals surface area contributed by atoms with E-state index in [9.17, 15) is 9.59 Å². The molecule has 0 spiro atoms. The van der Waals surface area contributed by atoms with E-state index < -0.39 is 5.91 Å². The molecule has 3 N–H and O–H groups in total. The highest BCUT2D eigenvalue weighted by Gasteiger charge is 2.20. The molecule has 0 fully saturated rings. The summed E-state index contributed by atoms with van der Waals surface area (Å²) in [5.74, 6) is -0.698. The summed E-state index contributed by atoms with van der Waals surface area (Å²) < 4.78 is 0. The van der Waals surface area contributed by atoms with E-state index >= 15 is 0 Å². The summed E-state index contributed by atoms with van der Waals surface area (Å²) in [5.41, 5.74) is 8.81. The van der Waals surface area contributed by atoms with Gasteiger partial charge in [0.15, 0.2) is 0 Å². The van der Waals surface area contributed by atoms with E-state index in [0.29, 0.717) is 10.6 Å². The number of fused-ring (bicyclic) bond motifs is 1. The van der Waals surface area contributed by atoms with E-state index in [1.807, 2.05) is 32.9 Å². The third-order valence-corrected chi connectivity index (χ3v) is 7.64. The molecule has 31 heavy (non-hydrogen) atoms. The highest BCUT2D eigenvalue weighted by molar-refractivity contribution is 7.17. The number of rotatable bonds is 6. The van der Waals surface area contributed by atoms with Crippen molar-refractivity contribution >= 4 is 50.3 Å². The number of primary amides is 1. The number of hydrogen-bond acceptors (Lipinski definition) is 5. The first-order valence-corrected chi connectivity index (χ1v) is 11.6. The molecule has 0 saturated carbocycles. The van der Waals surface area contributed by atoms with Crippen molar-refractivity contribution in [1.29, 1.82) is 0 Å². The average molecular weight is 450 g/mol. The molecule has 2 aromatic carbocycles. The number of aryl methyl sites for hydroxylation is 2. The Morgan fingerprint density at radius 2 is 1.77 bits per heavy atom. The molecule has 2 heterocycles. The van der Waals surface area contributed by atoms with Crippen LogP contribution in [0.25, 0.3) is 10.8 Å². The highest BCUT2D eigenvalue weighted by Crippen LogP contribution is 2.32. The van der Waals surface area contributed by atoms with Crippen LogP contribution in [0, 0.1) is 20.8 Å². The fraction of sp³-hybridized carbons (Fsp3) is 0.208. The van der Waals surface area contributed by atoms with Crippen LogP contribution in [-0.2, 0) is 17.6 Å². The maximum Gasteiger partial charge on any atom is 0.251 e. The molecule has 0 aliphatic rings. The number of nitrogens with two attached hydrogens (primary N) is 1. The molecule has 0 aliphatic carbocycles. The highest BCUT2D eigenvalue weighted by atomic mass is 32.1. The summed E-state index contributed by atoms with van der Waals surface area (Å²) in [6.45, 7) is 5.68. The van der Waals surface area contributed by atoms with Crippen LogP contribution in [-0.4, -0.2) is 16.8 Å². The zero-order chi connectivity index (χ0) is 22.1. The Hall–Kier alpha value is -3.03. The lowest BCUT2D eigenvalue weighted by molar-refractivity contribution is -0.115. The largest absolute Gasteiger partial charge is 0.365 e. The minimum atomic E-state index is -0.525. The number of benzene rings is 2. The maximum absolute atomic E-state index is 12.7. The van der Waals surface area contributed by atoms with Crippen LogP contribution < -0.4 is 11.1 Å². The molecule has 0 saturated heterocycles. The van der Waals surface area contributed by atoms with Crippen molar-refractivity contribution in [1.82, 2.24) is 4.98 Å². The zero-order valence-electron chi connectivity index (χ0n) is 17.6. The molecular formula is C24H23N3O2S2. The molecule has 2 amide bonds. The Morgan fingerprint density at radius 1 is 1.03 bits per heavy atom. The molecule has 0 bridgehead atoms. The van der Waals surface area contributed by atoms with Gasteiger partial charge in [-0.1, -0.05) is 42.5 Å². The van der Waals surface area contributed by atoms with Crippen LogP contribution in [0.1, 0.15) is 41.9 Å². The van der Waals surface area contributed by atoms with Gasteiger partial charge in [0.2, 0.25) is 5.91 Å². The average Bonchev–Trinajstić information content (AvgIpc) is 3.20. The van der Waals surface area contributed by atoms with Gasteiger partial charge in [0.1, 0.15) is 5.00 Å². The van der Waals surface area contributed by atoms with Gasteiger partial charge in [-0.05, 0) is 42.7 Å². The smallest absolute Gasteiger partial charge is 0.251 e. The molecule has 0 aliphatic heterocycles. The monoisotopic (exact) mass is 449 g/mol. The summed E-state index contributed by atoms with van der Waals surface area (Å²) in [6.07, 6.45) is 0.941. The minimum Gasteiger partial charge on any atom is -0.365 e.